The van der Waals surface area contributed by atoms with Gasteiger partial charge in [-0.3, -0.25) is 0 Å². The minimum absolute atomic E-state index is 0. The molecule has 0 spiro atoms. The van der Waals surface area contributed by atoms with Gasteiger partial charge in [-0.1, -0.05) is 0 Å². The molecule has 4 fully saturated rings. The summed E-state index contributed by atoms with van der Waals surface area (Å²) in [5.41, 5.74) is 0. The smallest absolute Gasteiger partial charge is 0.0799 e. The molecule has 0 heterocycles. The van der Waals surface area contributed by atoms with E-state index in [0.717, 1.165) is 22.9 Å². The minimum Gasteiger partial charge on any atom is -0.870 e. The summed E-state index contributed by atoms with van der Waals surface area (Å²) >= 11 is 0. The first kappa shape index (κ1) is 11.9. The van der Waals surface area contributed by atoms with Crippen LogP contribution in [0.2, 0.25) is 0 Å². The zero-order valence-corrected chi connectivity index (χ0v) is 11.3. The van der Waals surface area contributed by atoms with Crippen molar-refractivity contribution in [3.8, 4) is 0 Å². The molecule has 4 aliphatic rings. The fourth-order valence-electron chi connectivity index (χ4n) is 4.89. The summed E-state index contributed by atoms with van der Waals surface area (Å²) in [5, 5.41) is 0.849. The van der Waals surface area contributed by atoms with E-state index in [-0.39, 0.29) is 5.48 Å². The van der Waals surface area contributed by atoms with Gasteiger partial charge in [-0.05, 0) is 56.3 Å². The van der Waals surface area contributed by atoms with Gasteiger partial charge in [0.1, 0.15) is 0 Å². The highest BCUT2D eigenvalue weighted by molar-refractivity contribution is 7.75. The van der Waals surface area contributed by atoms with Crippen LogP contribution in [0.4, 0.5) is 0 Å². The van der Waals surface area contributed by atoms with E-state index in [1.54, 1.807) is 38.5 Å². The third-order valence-corrected chi connectivity index (χ3v) is 8.82. The summed E-state index contributed by atoms with van der Waals surface area (Å²) < 4.78 is 0. The molecule has 4 aliphatic carbocycles. The van der Waals surface area contributed by atoms with Crippen LogP contribution >= 0.6 is 7.26 Å². The fraction of sp³-hybridized carbons (Fsp3) is 1.00. The third kappa shape index (κ3) is 1.67. The lowest BCUT2D eigenvalue weighted by molar-refractivity contribution is 0.0348. The molecule has 2 heteroatoms. The Hall–Kier alpha value is 0.390. The van der Waals surface area contributed by atoms with Crippen molar-refractivity contribution in [2.24, 2.45) is 17.8 Å². The van der Waals surface area contributed by atoms with Crippen LogP contribution in [-0.4, -0.2) is 30.6 Å². The van der Waals surface area contributed by atoms with Crippen LogP contribution in [-0.2, 0) is 0 Å². The zero-order chi connectivity index (χ0) is 9.97. The molecular formula is C13H25OP. The Morgan fingerprint density at radius 2 is 1.13 bits per heavy atom. The topological polar surface area (TPSA) is 30.0 Å². The highest BCUT2D eigenvalue weighted by Crippen LogP contribution is 2.73. The van der Waals surface area contributed by atoms with E-state index in [1.165, 1.54) is 0 Å². The fourth-order valence-corrected chi connectivity index (χ4v) is 7.30. The maximum Gasteiger partial charge on any atom is 0.0799 e. The van der Waals surface area contributed by atoms with E-state index in [1.807, 2.05) is 0 Å². The van der Waals surface area contributed by atoms with E-state index < -0.39 is 7.26 Å². The highest BCUT2D eigenvalue weighted by atomic mass is 31.2. The molecule has 4 rings (SSSR count). The predicted molar refractivity (Wildman–Crippen MR) is 67.5 cm³/mol. The van der Waals surface area contributed by atoms with Crippen LogP contribution < -0.4 is 0 Å². The van der Waals surface area contributed by atoms with Gasteiger partial charge in [0, 0.05) is 27.3 Å². The first-order chi connectivity index (χ1) is 6.48. The van der Waals surface area contributed by atoms with E-state index >= 15 is 0 Å². The Bertz CT molecular complexity index is 218. The SMILES string of the molecule is C[P+](C)(C)C12CC3CC(CC(C3)C1)C2.[OH-]. The number of hydrogen-bond acceptors (Lipinski definition) is 1. The lowest BCUT2D eigenvalue weighted by Gasteiger charge is -2.58. The molecule has 0 atom stereocenters. The molecule has 1 nitrogen and oxygen atoms in total. The summed E-state index contributed by atoms with van der Waals surface area (Å²) in [6.07, 6.45) is 9.61. The lowest BCUT2D eigenvalue weighted by Crippen LogP contribution is -2.51. The maximum atomic E-state index is 2.60. The second kappa shape index (κ2) is 3.44. The third-order valence-electron chi connectivity index (χ3n) is 5.43. The van der Waals surface area contributed by atoms with Crippen molar-refractivity contribution >= 4 is 7.26 Å². The molecule has 0 aromatic carbocycles. The molecule has 88 valence electrons. The maximum absolute atomic E-state index is 2.60. The van der Waals surface area contributed by atoms with Crippen LogP contribution in [0, 0.1) is 17.8 Å². The molecule has 4 saturated carbocycles. The summed E-state index contributed by atoms with van der Waals surface area (Å²) in [6, 6.07) is 0. The van der Waals surface area contributed by atoms with Gasteiger partial charge in [-0.25, -0.2) is 0 Å². The highest BCUT2D eigenvalue weighted by Gasteiger charge is 2.59. The minimum atomic E-state index is -0.615. The molecule has 4 bridgehead atoms. The molecular weight excluding hydrogens is 203 g/mol. The van der Waals surface area contributed by atoms with Crippen molar-refractivity contribution in [3.05, 3.63) is 0 Å². The molecule has 15 heavy (non-hydrogen) atoms. The lowest BCUT2D eigenvalue weighted by atomic mass is 9.56. The van der Waals surface area contributed by atoms with Gasteiger partial charge in [-0.15, -0.1) is 0 Å². The van der Waals surface area contributed by atoms with Crippen LogP contribution in [0.5, 0.6) is 0 Å². The average Bonchev–Trinajstić information content (AvgIpc) is 1.98. The summed E-state index contributed by atoms with van der Waals surface area (Å²) in [4.78, 5) is 0. The summed E-state index contributed by atoms with van der Waals surface area (Å²) in [7, 11) is -0.615. The van der Waals surface area contributed by atoms with Crippen molar-refractivity contribution in [2.75, 3.05) is 20.0 Å². The van der Waals surface area contributed by atoms with E-state index in [2.05, 4.69) is 20.0 Å². The van der Waals surface area contributed by atoms with E-state index in [4.69, 9.17) is 0 Å². The molecule has 0 aliphatic heterocycles. The predicted octanol–water partition coefficient (Wildman–Crippen LogP) is 3.69. The Morgan fingerprint density at radius 1 is 0.800 bits per heavy atom. The van der Waals surface area contributed by atoms with Crippen molar-refractivity contribution in [3.63, 3.8) is 0 Å². The standard InChI is InChI=1S/C13H24P.H2O/c1-14(2,3)13-7-10-4-11(8-13)6-12(5-10)9-13;/h10-12H,4-9H2,1-3H3;1H2/q+1;/p-1. The molecule has 0 aromatic rings. The average molecular weight is 228 g/mol. The van der Waals surface area contributed by atoms with Crippen LogP contribution in [0.15, 0.2) is 0 Å². The molecule has 0 amide bonds. The number of rotatable bonds is 1. The Morgan fingerprint density at radius 3 is 1.40 bits per heavy atom. The molecule has 0 aromatic heterocycles. The molecule has 0 saturated heterocycles. The van der Waals surface area contributed by atoms with Crippen LogP contribution in [0.1, 0.15) is 38.5 Å². The summed E-state index contributed by atoms with van der Waals surface area (Å²) in [5.74, 6) is 3.42. The second-order valence-corrected chi connectivity index (χ2v) is 12.1. The van der Waals surface area contributed by atoms with E-state index in [9.17, 15) is 0 Å². The Balaban J connectivity index is 0.000000853. The zero-order valence-electron chi connectivity index (χ0n) is 10.4. The van der Waals surface area contributed by atoms with Crippen molar-refractivity contribution in [1.82, 2.24) is 0 Å². The quantitative estimate of drug-likeness (QED) is 0.629. The number of hydrogen-bond donors (Lipinski definition) is 0. The first-order valence-electron chi connectivity index (χ1n) is 6.30. The Kier molecular flexibility index (Phi) is 2.72. The largest absolute Gasteiger partial charge is 0.870 e. The monoisotopic (exact) mass is 228 g/mol. The van der Waals surface area contributed by atoms with Crippen molar-refractivity contribution in [1.29, 1.82) is 0 Å². The normalized spacial score (nSPS) is 47.8. The van der Waals surface area contributed by atoms with Gasteiger partial charge >= 0.3 is 0 Å². The van der Waals surface area contributed by atoms with Crippen LogP contribution in [0.3, 0.4) is 0 Å². The van der Waals surface area contributed by atoms with Gasteiger partial charge in [0.2, 0.25) is 0 Å². The summed E-state index contributed by atoms with van der Waals surface area (Å²) in [6.45, 7) is 7.79. The van der Waals surface area contributed by atoms with E-state index in [0.29, 0.717) is 0 Å². The first-order valence-corrected chi connectivity index (χ1v) is 9.43. The Labute approximate surface area is 94.7 Å². The van der Waals surface area contributed by atoms with Gasteiger partial charge in [-0.2, -0.15) is 0 Å². The molecule has 0 radical (unpaired) electrons. The van der Waals surface area contributed by atoms with Crippen molar-refractivity contribution < 1.29 is 5.48 Å². The van der Waals surface area contributed by atoms with Gasteiger partial charge in [0.05, 0.1) is 5.16 Å². The molecule has 0 unspecified atom stereocenters. The second-order valence-electron chi connectivity index (χ2n) is 7.15. The van der Waals surface area contributed by atoms with Gasteiger partial charge in [0.15, 0.2) is 0 Å². The van der Waals surface area contributed by atoms with Gasteiger partial charge < -0.3 is 5.48 Å². The van der Waals surface area contributed by atoms with Crippen LogP contribution in [0.25, 0.3) is 0 Å². The van der Waals surface area contributed by atoms with Crippen molar-refractivity contribution in [2.45, 2.75) is 43.7 Å². The molecule has 1 N–H and O–H groups in total. The van der Waals surface area contributed by atoms with Gasteiger partial charge in [0.25, 0.3) is 0 Å².